The summed E-state index contributed by atoms with van der Waals surface area (Å²) in [6, 6.07) is 0. The van der Waals surface area contributed by atoms with Gasteiger partial charge in [-0.15, -0.1) is 5.10 Å². The van der Waals surface area contributed by atoms with Gasteiger partial charge in [0.2, 0.25) is 0 Å². The van der Waals surface area contributed by atoms with E-state index in [0.717, 1.165) is 11.5 Å². The number of ketones is 1. The third-order valence-electron chi connectivity index (χ3n) is 1.81. The number of hydrazone groups is 1. The molecular weight excluding hydrogens is 188 g/mol. The van der Waals surface area contributed by atoms with Gasteiger partial charge in [-0.1, -0.05) is 4.49 Å². The minimum atomic E-state index is 0.0416. The molecule has 0 radical (unpaired) electrons. The number of Topliss-reactive ketones (excluding diaryl/α,β-unsaturated/α-hetero) is 1. The SMILES string of the molecule is CC(=O)C1=NN(c2cnns2)CC1. The van der Waals surface area contributed by atoms with Crippen LogP contribution in [0, 0.1) is 0 Å². The predicted molar refractivity (Wildman–Crippen MR) is 50.0 cm³/mol. The Morgan fingerprint density at radius 2 is 2.54 bits per heavy atom. The van der Waals surface area contributed by atoms with Crippen LogP contribution in [0.1, 0.15) is 13.3 Å². The maximum absolute atomic E-state index is 11.0. The van der Waals surface area contributed by atoms with Crippen LogP contribution in [0.4, 0.5) is 5.00 Å². The first-order valence-corrected chi connectivity index (χ1v) is 4.68. The lowest BCUT2D eigenvalue weighted by atomic mass is 10.2. The van der Waals surface area contributed by atoms with Gasteiger partial charge in [0.25, 0.3) is 0 Å². The molecule has 1 aromatic heterocycles. The molecule has 1 aliphatic rings. The highest BCUT2D eigenvalue weighted by molar-refractivity contribution is 7.09. The maximum Gasteiger partial charge on any atom is 0.175 e. The summed E-state index contributed by atoms with van der Waals surface area (Å²) in [5, 5.41) is 10.5. The Morgan fingerprint density at radius 3 is 3.08 bits per heavy atom. The molecular formula is C7H8N4OS. The Kier molecular flexibility index (Phi) is 2.05. The van der Waals surface area contributed by atoms with Gasteiger partial charge in [-0.05, 0) is 0 Å². The molecule has 0 fully saturated rings. The summed E-state index contributed by atoms with van der Waals surface area (Å²) >= 11 is 1.28. The van der Waals surface area contributed by atoms with Crippen molar-refractivity contribution in [2.24, 2.45) is 5.10 Å². The fourth-order valence-electron chi connectivity index (χ4n) is 1.14. The number of hydrogen-bond donors (Lipinski definition) is 0. The second kappa shape index (κ2) is 3.21. The molecule has 5 nitrogen and oxygen atoms in total. The summed E-state index contributed by atoms with van der Waals surface area (Å²) in [6.07, 6.45) is 2.37. The van der Waals surface area contributed by atoms with Gasteiger partial charge in [0.1, 0.15) is 5.71 Å². The molecule has 0 unspecified atom stereocenters. The van der Waals surface area contributed by atoms with Gasteiger partial charge in [0, 0.05) is 31.4 Å². The van der Waals surface area contributed by atoms with Crippen LogP contribution in [0.2, 0.25) is 0 Å². The topological polar surface area (TPSA) is 58.5 Å². The molecule has 13 heavy (non-hydrogen) atoms. The Morgan fingerprint density at radius 1 is 1.69 bits per heavy atom. The Hall–Kier alpha value is -1.30. The third kappa shape index (κ3) is 1.57. The number of anilines is 1. The molecule has 2 heterocycles. The van der Waals surface area contributed by atoms with Gasteiger partial charge in [0.05, 0.1) is 6.20 Å². The molecule has 1 aromatic rings. The second-order valence-electron chi connectivity index (χ2n) is 2.73. The summed E-state index contributed by atoms with van der Waals surface area (Å²) in [6.45, 7) is 2.28. The number of rotatable bonds is 2. The van der Waals surface area contributed by atoms with E-state index in [4.69, 9.17) is 0 Å². The number of nitrogens with zero attached hydrogens (tertiary/aromatic N) is 4. The second-order valence-corrected chi connectivity index (χ2v) is 3.50. The first-order valence-electron chi connectivity index (χ1n) is 3.90. The molecule has 2 rings (SSSR count). The number of hydrogen-bond acceptors (Lipinski definition) is 6. The lowest BCUT2D eigenvalue weighted by Crippen LogP contribution is -2.09. The smallest absolute Gasteiger partial charge is 0.175 e. The lowest BCUT2D eigenvalue weighted by molar-refractivity contribution is -0.111. The van der Waals surface area contributed by atoms with Crippen molar-refractivity contribution >= 4 is 28.0 Å². The summed E-state index contributed by atoms with van der Waals surface area (Å²) in [4.78, 5) is 11.0. The molecule has 0 bridgehead atoms. The van der Waals surface area contributed by atoms with Crippen LogP contribution < -0.4 is 5.01 Å². The van der Waals surface area contributed by atoms with Crippen molar-refractivity contribution < 1.29 is 4.79 Å². The molecule has 0 spiro atoms. The minimum Gasteiger partial charge on any atom is -0.293 e. The zero-order valence-electron chi connectivity index (χ0n) is 7.10. The van der Waals surface area contributed by atoms with Crippen molar-refractivity contribution in [3.8, 4) is 0 Å². The summed E-state index contributed by atoms with van der Waals surface area (Å²) in [5.74, 6) is 0.0416. The molecule has 0 saturated heterocycles. The van der Waals surface area contributed by atoms with E-state index in [0.29, 0.717) is 12.1 Å². The van der Waals surface area contributed by atoms with E-state index < -0.39 is 0 Å². The highest BCUT2D eigenvalue weighted by atomic mass is 32.1. The predicted octanol–water partition coefficient (Wildman–Crippen LogP) is 0.693. The quantitative estimate of drug-likeness (QED) is 0.698. The van der Waals surface area contributed by atoms with E-state index in [1.807, 2.05) is 0 Å². The summed E-state index contributed by atoms with van der Waals surface area (Å²) < 4.78 is 3.73. The lowest BCUT2D eigenvalue weighted by Gasteiger charge is -2.06. The first kappa shape index (κ1) is 8.31. The fourth-order valence-corrected chi connectivity index (χ4v) is 1.64. The van der Waals surface area contributed by atoms with Crippen LogP contribution in [0.3, 0.4) is 0 Å². The van der Waals surface area contributed by atoms with Gasteiger partial charge in [0.15, 0.2) is 10.8 Å². The van der Waals surface area contributed by atoms with Crippen molar-refractivity contribution in [3.05, 3.63) is 6.20 Å². The Bertz CT molecular complexity index is 345. The molecule has 0 saturated carbocycles. The molecule has 6 heteroatoms. The van der Waals surface area contributed by atoms with Gasteiger partial charge in [-0.3, -0.25) is 9.80 Å². The summed E-state index contributed by atoms with van der Waals surface area (Å²) in [7, 11) is 0. The van der Waals surface area contributed by atoms with E-state index in [9.17, 15) is 4.79 Å². The Balaban J connectivity index is 2.18. The first-order chi connectivity index (χ1) is 6.27. The van der Waals surface area contributed by atoms with E-state index in [2.05, 4.69) is 14.7 Å². The normalized spacial score (nSPS) is 16.1. The molecule has 0 N–H and O–H groups in total. The van der Waals surface area contributed by atoms with Gasteiger partial charge in [-0.2, -0.15) is 5.10 Å². The van der Waals surface area contributed by atoms with Crippen LogP contribution in [0.15, 0.2) is 11.3 Å². The van der Waals surface area contributed by atoms with Crippen molar-refractivity contribution in [2.45, 2.75) is 13.3 Å². The zero-order chi connectivity index (χ0) is 9.26. The van der Waals surface area contributed by atoms with E-state index in [1.54, 1.807) is 11.2 Å². The van der Waals surface area contributed by atoms with Crippen LogP contribution in [-0.4, -0.2) is 27.6 Å². The Labute approximate surface area is 79.2 Å². The monoisotopic (exact) mass is 196 g/mol. The molecule has 0 amide bonds. The standard InChI is InChI=1S/C7H8N4OS/c1-5(12)6-2-3-11(9-6)7-4-8-10-13-7/h4H,2-3H2,1H3. The number of carbonyl (C=O) groups is 1. The van der Waals surface area contributed by atoms with Gasteiger partial charge in [-0.25, -0.2) is 0 Å². The maximum atomic E-state index is 11.0. The number of aromatic nitrogens is 2. The highest BCUT2D eigenvalue weighted by Crippen LogP contribution is 2.21. The van der Waals surface area contributed by atoms with E-state index in [-0.39, 0.29) is 5.78 Å². The van der Waals surface area contributed by atoms with Crippen molar-refractivity contribution in [2.75, 3.05) is 11.6 Å². The van der Waals surface area contributed by atoms with Crippen molar-refractivity contribution in [3.63, 3.8) is 0 Å². The number of carbonyl (C=O) groups excluding carboxylic acids is 1. The highest BCUT2D eigenvalue weighted by Gasteiger charge is 2.19. The largest absolute Gasteiger partial charge is 0.293 e. The van der Waals surface area contributed by atoms with E-state index in [1.165, 1.54) is 18.5 Å². The fraction of sp³-hybridized carbons (Fsp3) is 0.429. The van der Waals surface area contributed by atoms with Crippen molar-refractivity contribution in [1.82, 2.24) is 9.59 Å². The van der Waals surface area contributed by atoms with Crippen molar-refractivity contribution in [1.29, 1.82) is 0 Å². The van der Waals surface area contributed by atoms with Gasteiger partial charge < -0.3 is 0 Å². The molecule has 0 aliphatic carbocycles. The van der Waals surface area contributed by atoms with Crippen LogP contribution in [0.25, 0.3) is 0 Å². The molecule has 68 valence electrons. The molecule has 0 atom stereocenters. The van der Waals surface area contributed by atoms with Crippen LogP contribution in [-0.2, 0) is 4.79 Å². The molecule has 0 aromatic carbocycles. The minimum absolute atomic E-state index is 0.0416. The zero-order valence-corrected chi connectivity index (χ0v) is 7.91. The van der Waals surface area contributed by atoms with Gasteiger partial charge >= 0.3 is 0 Å². The third-order valence-corrected chi connectivity index (χ3v) is 2.49. The van der Waals surface area contributed by atoms with Crippen LogP contribution in [0.5, 0.6) is 0 Å². The molecule has 1 aliphatic heterocycles. The average Bonchev–Trinajstić information content (AvgIpc) is 2.75. The van der Waals surface area contributed by atoms with E-state index >= 15 is 0 Å². The average molecular weight is 196 g/mol. The summed E-state index contributed by atoms with van der Waals surface area (Å²) in [5.41, 5.74) is 0.633. The van der Waals surface area contributed by atoms with Crippen LogP contribution >= 0.6 is 11.5 Å².